The summed E-state index contributed by atoms with van der Waals surface area (Å²) in [7, 11) is -3.75. The Morgan fingerprint density at radius 1 is 1.23 bits per heavy atom. The minimum Gasteiger partial charge on any atom is -0.300 e. The van der Waals surface area contributed by atoms with E-state index in [0.29, 0.717) is 6.54 Å². The predicted molar refractivity (Wildman–Crippen MR) is 83.0 cm³/mol. The van der Waals surface area contributed by atoms with Crippen LogP contribution in [0.3, 0.4) is 0 Å². The second kappa shape index (κ2) is 6.41. The highest BCUT2D eigenvalue weighted by atomic mass is 35.5. The lowest BCUT2D eigenvalue weighted by Crippen LogP contribution is -2.54. The fraction of sp³-hybridized carbons (Fsp3) is 0.571. The first-order chi connectivity index (χ1) is 10.4. The van der Waals surface area contributed by atoms with Crippen molar-refractivity contribution in [1.29, 1.82) is 0 Å². The van der Waals surface area contributed by atoms with Crippen molar-refractivity contribution >= 4 is 21.6 Å². The van der Waals surface area contributed by atoms with E-state index in [1.54, 1.807) is 0 Å². The number of benzene rings is 1. The number of rotatable bonds is 4. The van der Waals surface area contributed by atoms with Crippen LogP contribution in [0.5, 0.6) is 0 Å². The van der Waals surface area contributed by atoms with Crippen LogP contribution in [0, 0.1) is 5.82 Å². The SMILES string of the molecule is O=S(=O)(NCC1CN2CCCN1CC2)c1cc(F)cc(Cl)c1. The van der Waals surface area contributed by atoms with E-state index in [0.717, 1.165) is 51.3 Å². The van der Waals surface area contributed by atoms with Gasteiger partial charge in [-0.25, -0.2) is 17.5 Å². The van der Waals surface area contributed by atoms with Gasteiger partial charge in [-0.2, -0.15) is 0 Å². The number of piperazine rings is 1. The number of fused-ring (bicyclic) bond motifs is 4. The lowest BCUT2D eigenvalue weighted by atomic mass is 10.2. The van der Waals surface area contributed by atoms with Crippen LogP contribution in [0.15, 0.2) is 23.1 Å². The molecule has 1 aromatic rings. The van der Waals surface area contributed by atoms with Gasteiger partial charge in [0.25, 0.3) is 0 Å². The second-order valence-electron chi connectivity index (χ2n) is 5.80. The summed E-state index contributed by atoms with van der Waals surface area (Å²) >= 11 is 5.73. The zero-order chi connectivity index (χ0) is 15.7. The Kier molecular flexibility index (Phi) is 4.70. The second-order valence-corrected chi connectivity index (χ2v) is 8.00. The normalized spacial score (nSPS) is 28.5. The third-order valence-electron chi connectivity index (χ3n) is 4.26. The van der Waals surface area contributed by atoms with Crippen molar-refractivity contribution in [1.82, 2.24) is 14.5 Å². The van der Waals surface area contributed by atoms with Gasteiger partial charge in [0.15, 0.2) is 0 Å². The topological polar surface area (TPSA) is 52.7 Å². The smallest absolute Gasteiger partial charge is 0.240 e. The van der Waals surface area contributed by atoms with Gasteiger partial charge in [-0.1, -0.05) is 11.6 Å². The molecule has 0 aromatic heterocycles. The molecule has 1 aromatic carbocycles. The molecular formula is C14H19ClFN3O2S. The average molecular weight is 348 g/mol. The quantitative estimate of drug-likeness (QED) is 0.887. The molecule has 3 heterocycles. The predicted octanol–water partition coefficient (Wildman–Crippen LogP) is 1.15. The van der Waals surface area contributed by atoms with E-state index in [9.17, 15) is 12.8 Å². The number of sulfonamides is 1. The molecule has 3 fully saturated rings. The summed E-state index contributed by atoms with van der Waals surface area (Å²) in [6, 6.07) is 3.49. The molecule has 3 saturated heterocycles. The van der Waals surface area contributed by atoms with Crippen LogP contribution in [0.4, 0.5) is 4.39 Å². The average Bonchev–Trinajstić information content (AvgIpc) is 2.79. The third-order valence-corrected chi connectivity index (χ3v) is 5.89. The van der Waals surface area contributed by atoms with Crippen LogP contribution in [0.1, 0.15) is 6.42 Å². The summed E-state index contributed by atoms with van der Waals surface area (Å²) in [4.78, 5) is 4.55. The summed E-state index contributed by atoms with van der Waals surface area (Å²) in [5, 5.41) is 0.0729. The molecule has 3 unspecified atom stereocenters. The minimum atomic E-state index is -3.75. The standard InChI is InChI=1S/C14H19ClFN3O2S/c15-11-6-12(16)8-14(7-11)22(20,21)17-9-13-10-18-2-1-3-19(13)5-4-18/h6-8,13,17H,1-5,9-10H2. The van der Waals surface area contributed by atoms with Gasteiger partial charge in [0.2, 0.25) is 10.0 Å². The van der Waals surface area contributed by atoms with Crippen molar-refractivity contribution in [3.63, 3.8) is 0 Å². The van der Waals surface area contributed by atoms with Gasteiger partial charge in [0.1, 0.15) is 5.82 Å². The van der Waals surface area contributed by atoms with E-state index >= 15 is 0 Å². The van der Waals surface area contributed by atoms with Gasteiger partial charge in [-0.05, 0) is 37.7 Å². The molecule has 0 radical (unpaired) electrons. The molecule has 3 atom stereocenters. The molecule has 0 saturated carbocycles. The van der Waals surface area contributed by atoms with Crippen LogP contribution in [-0.4, -0.2) is 63.5 Å². The van der Waals surface area contributed by atoms with E-state index in [1.165, 1.54) is 6.07 Å². The molecule has 8 heteroatoms. The molecule has 0 amide bonds. The van der Waals surface area contributed by atoms with E-state index in [4.69, 9.17) is 11.6 Å². The van der Waals surface area contributed by atoms with Crippen molar-refractivity contribution in [3.8, 4) is 0 Å². The Bertz CT molecular complexity index is 631. The fourth-order valence-electron chi connectivity index (χ4n) is 3.12. The van der Waals surface area contributed by atoms with Crippen molar-refractivity contribution in [2.45, 2.75) is 17.4 Å². The summed E-state index contributed by atoms with van der Waals surface area (Å²) < 4.78 is 40.5. The highest BCUT2D eigenvalue weighted by molar-refractivity contribution is 7.89. The highest BCUT2D eigenvalue weighted by Gasteiger charge is 2.30. The maximum Gasteiger partial charge on any atom is 0.240 e. The summed E-state index contributed by atoms with van der Waals surface area (Å²) in [5.74, 6) is -0.656. The number of nitrogens with one attached hydrogen (secondary N) is 1. The molecule has 3 aliphatic rings. The highest BCUT2D eigenvalue weighted by Crippen LogP contribution is 2.19. The molecule has 4 rings (SSSR count). The van der Waals surface area contributed by atoms with Gasteiger partial charge in [-0.15, -0.1) is 0 Å². The first-order valence-corrected chi connectivity index (χ1v) is 9.22. The number of nitrogens with zero attached hydrogens (tertiary/aromatic N) is 2. The van der Waals surface area contributed by atoms with Gasteiger partial charge >= 0.3 is 0 Å². The summed E-state index contributed by atoms with van der Waals surface area (Å²) in [6.45, 7) is 5.27. The molecular weight excluding hydrogens is 329 g/mol. The first-order valence-electron chi connectivity index (χ1n) is 7.36. The zero-order valence-electron chi connectivity index (χ0n) is 12.1. The molecule has 0 aliphatic carbocycles. The van der Waals surface area contributed by atoms with Crippen LogP contribution in [-0.2, 0) is 10.0 Å². The van der Waals surface area contributed by atoms with Crippen LogP contribution in [0.25, 0.3) is 0 Å². The van der Waals surface area contributed by atoms with Crippen LogP contribution in [0.2, 0.25) is 5.02 Å². The lowest BCUT2D eigenvalue weighted by molar-refractivity contribution is 0.116. The molecule has 3 aliphatic heterocycles. The fourth-order valence-corrected chi connectivity index (χ4v) is 4.53. The van der Waals surface area contributed by atoms with Gasteiger partial charge in [-0.3, -0.25) is 4.90 Å². The van der Waals surface area contributed by atoms with Gasteiger partial charge in [0.05, 0.1) is 4.90 Å². The minimum absolute atomic E-state index is 0.0729. The van der Waals surface area contributed by atoms with Gasteiger partial charge in [0, 0.05) is 37.2 Å². The molecule has 0 spiro atoms. The monoisotopic (exact) mass is 347 g/mol. The van der Waals surface area contributed by atoms with E-state index in [2.05, 4.69) is 14.5 Å². The van der Waals surface area contributed by atoms with Crippen molar-refractivity contribution in [3.05, 3.63) is 29.0 Å². The maximum absolute atomic E-state index is 13.3. The zero-order valence-corrected chi connectivity index (χ0v) is 13.7. The molecule has 5 nitrogen and oxygen atoms in total. The van der Waals surface area contributed by atoms with E-state index < -0.39 is 15.8 Å². The van der Waals surface area contributed by atoms with Crippen molar-refractivity contribution in [2.24, 2.45) is 0 Å². The summed E-state index contributed by atoms with van der Waals surface area (Å²) in [6.07, 6.45) is 1.11. The van der Waals surface area contributed by atoms with E-state index in [1.807, 2.05) is 0 Å². The van der Waals surface area contributed by atoms with Gasteiger partial charge < -0.3 is 4.90 Å². The Morgan fingerprint density at radius 3 is 2.82 bits per heavy atom. The van der Waals surface area contributed by atoms with Crippen molar-refractivity contribution < 1.29 is 12.8 Å². The largest absolute Gasteiger partial charge is 0.300 e. The van der Waals surface area contributed by atoms with Crippen molar-refractivity contribution in [2.75, 3.05) is 39.3 Å². The Balaban J connectivity index is 1.69. The first kappa shape index (κ1) is 16.1. The number of hydrogen-bond donors (Lipinski definition) is 1. The molecule has 1 N–H and O–H groups in total. The third kappa shape index (κ3) is 3.60. The number of halogens is 2. The molecule has 2 bridgehead atoms. The molecule has 22 heavy (non-hydrogen) atoms. The summed E-state index contributed by atoms with van der Waals surface area (Å²) in [5.41, 5.74) is 0. The Morgan fingerprint density at radius 2 is 2.05 bits per heavy atom. The van der Waals surface area contributed by atoms with E-state index in [-0.39, 0.29) is 16.0 Å². The van der Waals surface area contributed by atoms with Crippen LogP contribution >= 0.6 is 11.6 Å². The molecule has 122 valence electrons. The number of hydrogen-bond acceptors (Lipinski definition) is 4. The Hall–Kier alpha value is -0.730. The maximum atomic E-state index is 13.3. The van der Waals surface area contributed by atoms with Crippen LogP contribution < -0.4 is 4.72 Å². The lowest BCUT2D eigenvalue weighted by Gasteiger charge is -2.37. The Labute approximate surface area is 135 Å².